The molecule has 49 heavy (non-hydrogen) atoms. The highest BCUT2D eigenvalue weighted by molar-refractivity contribution is 7.25. The first-order valence-corrected chi connectivity index (χ1v) is 17.1. The van der Waals surface area contributed by atoms with E-state index >= 15 is 0 Å². The second-order valence-electron chi connectivity index (χ2n) is 12.2. The van der Waals surface area contributed by atoms with Crippen molar-refractivity contribution in [2.45, 2.75) is 0 Å². The van der Waals surface area contributed by atoms with Crippen LogP contribution in [0.1, 0.15) is 0 Å². The number of thiophene rings is 1. The Kier molecular flexibility index (Phi) is 6.32. The molecule has 0 amide bonds. The van der Waals surface area contributed by atoms with E-state index < -0.39 is 0 Å². The number of benzene rings is 7. The zero-order chi connectivity index (χ0) is 32.3. The largest absolute Gasteiger partial charge is 0.256 e. The van der Waals surface area contributed by atoms with Crippen LogP contribution in [0.2, 0.25) is 0 Å². The standard InChI is InChI=1S/C44H26N4S/c1-2-10-27(11-3-1)28-20-22-30(23-21-28)42-46-43(48-44(47-42)35-17-9-19-38-40(35)33-15-6-7-18-37(33)49-38)34-16-8-13-29-24-25-36-41(39(29)34)32-14-5-4-12-31(32)26-45-36/h1-26H. The van der Waals surface area contributed by atoms with E-state index in [1.807, 2.05) is 12.3 Å². The molecule has 0 unspecified atom stereocenters. The van der Waals surface area contributed by atoms with Crippen LogP contribution in [-0.2, 0) is 0 Å². The van der Waals surface area contributed by atoms with Crippen LogP contribution in [0.3, 0.4) is 0 Å². The average Bonchev–Trinajstić information content (AvgIpc) is 3.57. The summed E-state index contributed by atoms with van der Waals surface area (Å²) in [6, 6.07) is 53.0. The van der Waals surface area contributed by atoms with Gasteiger partial charge in [-0.15, -0.1) is 11.3 Å². The smallest absolute Gasteiger partial charge is 0.164 e. The molecule has 0 spiro atoms. The zero-order valence-corrected chi connectivity index (χ0v) is 27.0. The molecule has 3 aromatic heterocycles. The summed E-state index contributed by atoms with van der Waals surface area (Å²) in [4.78, 5) is 20.6. The Morgan fingerprint density at radius 3 is 1.82 bits per heavy atom. The predicted molar refractivity (Wildman–Crippen MR) is 205 cm³/mol. The summed E-state index contributed by atoms with van der Waals surface area (Å²) in [7, 11) is 0. The van der Waals surface area contributed by atoms with Gasteiger partial charge in [-0.3, -0.25) is 4.98 Å². The molecule has 10 rings (SSSR count). The topological polar surface area (TPSA) is 51.6 Å². The molecule has 5 heteroatoms. The van der Waals surface area contributed by atoms with E-state index in [9.17, 15) is 0 Å². The Hall–Kier alpha value is -6.30. The molecule has 7 aromatic carbocycles. The quantitative estimate of drug-likeness (QED) is 0.179. The zero-order valence-electron chi connectivity index (χ0n) is 26.2. The first-order chi connectivity index (χ1) is 24.3. The third-order valence-electron chi connectivity index (χ3n) is 9.37. The van der Waals surface area contributed by atoms with Gasteiger partial charge in [-0.05, 0) is 40.1 Å². The van der Waals surface area contributed by atoms with Gasteiger partial charge in [0.1, 0.15) is 0 Å². The molecule has 0 aliphatic heterocycles. The van der Waals surface area contributed by atoms with Gasteiger partial charge in [0, 0.05) is 59.2 Å². The molecule has 3 heterocycles. The van der Waals surface area contributed by atoms with Crippen molar-refractivity contribution in [3.05, 3.63) is 158 Å². The van der Waals surface area contributed by atoms with Crippen molar-refractivity contribution < 1.29 is 0 Å². The van der Waals surface area contributed by atoms with Crippen LogP contribution in [-0.4, -0.2) is 19.9 Å². The Balaban J connectivity index is 1.26. The first kappa shape index (κ1) is 27.8. The van der Waals surface area contributed by atoms with Gasteiger partial charge in [-0.25, -0.2) is 15.0 Å². The van der Waals surface area contributed by atoms with Gasteiger partial charge in [-0.2, -0.15) is 0 Å². The fourth-order valence-electron chi connectivity index (χ4n) is 7.06. The molecule has 0 aliphatic rings. The van der Waals surface area contributed by atoms with E-state index in [0.717, 1.165) is 54.7 Å². The Morgan fingerprint density at radius 1 is 0.367 bits per heavy atom. The van der Waals surface area contributed by atoms with Crippen molar-refractivity contribution in [3.63, 3.8) is 0 Å². The van der Waals surface area contributed by atoms with Crippen LogP contribution in [0, 0.1) is 0 Å². The SMILES string of the molecule is c1ccc(-c2ccc(-c3nc(-c4cccc5sc6ccccc6c45)nc(-c4cccc5ccc6ncc7ccccc7c6c45)n3)cc2)cc1. The molecule has 0 atom stereocenters. The third-order valence-corrected chi connectivity index (χ3v) is 10.5. The minimum absolute atomic E-state index is 0.634. The molecular formula is C44H26N4S. The van der Waals surface area contributed by atoms with E-state index in [2.05, 4.69) is 146 Å². The Labute approximate surface area is 286 Å². The molecule has 10 aromatic rings. The molecule has 0 bridgehead atoms. The van der Waals surface area contributed by atoms with Crippen molar-refractivity contribution in [2.24, 2.45) is 0 Å². The van der Waals surface area contributed by atoms with Crippen LogP contribution in [0.4, 0.5) is 0 Å². The van der Waals surface area contributed by atoms with Crippen molar-refractivity contribution >= 4 is 64.0 Å². The summed E-state index contributed by atoms with van der Waals surface area (Å²) < 4.78 is 2.46. The fraction of sp³-hybridized carbons (Fsp3) is 0. The third kappa shape index (κ3) is 4.59. The van der Waals surface area contributed by atoms with Crippen molar-refractivity contribution in [2.75, 3.05) is 0 Å². The van der Waals surface area contributed by atoms with Gasteiger partial charge in [0.25, 0.3) is 0 Å². The number of aromatic nitrogens is 4. The number of nitrogens with zero attached hydrogens (tertiary/aromatic N) is 4. The van der Waals surface area contributed by atoms with Crippen molar-refractivity contribution in [3.8, 4) is 45.3 Å². The molecule has 0 N–H and O–H groups in total. The molecular weight excluding hydrogens is 617 g/mol. The second kappa shape index (κ2) is 11.2. The van der Waals surface area contributed by atoms with Gasteiger partial charge < -0.3 is 0 Å². The predicted octanol–water partition coefficient (Wildman–Crippen LogP) is 11.8. The molecule has 0 saturated heterocycles. The molecule has 0 aliphatic carbocycles. The monoisotopic (exact) mass is 642 g/mol. The summed E-state index contributed by atoms with van der Waals surface area (Å²) in [5.74, 6) is 1.92. The lowest BCUT2D eigenvalue weighted by atomic mass is 9.96. The van der Waals surface area contributed by atoms with Crippen LogP contribution in [0.15, 0.2) is 158 Å². The van der Waals surface area contributed by atoms with Gasteiger partial charge in [0.15, 0.2) is 17.5 Å². The van der Waals surface area contributed by atoms with Crippen LogP contribution in [0.25, 0.3) is 97.9 Å². The lowest BCUT2D eigenvalue weighted by Gasteiger charge is -2.13. The number of pyridine rings is 1. The number of hydrogen-bond donors (Lipinski definition) is 0. The highest BCUT2D eigenvalue weighted by atomic mass is 32.1. The normalized spacial score (nSPS) is 11.7. The molecule has 228 valence electrons. The average molecular weight is 643 g/mol. The minimum Gasteiger partial charge on any atom is -0.256 e. The number of fused-ring (bicyclic) bond motifs is 8. The van der Waals surface area contributed by atoms with E-state index in [1.165, 1.54) is 25.7 Å². The van der Waals surface area contributed by atoms with Crippen molar-refractivity contribution in [1.82, 2.24) is 19.9 Å². The van der Waals surface area contributed by atoms with Gasteiger partial charge >= 0.3 is 0 Å². The maximum atomic E-state index is 5.30. The van der Waals surface area contributed by atoms with E-state index in [-0.39, 0.29) is 0 Å². The minimum atomic E-state index is 0.634. The molecule has 0 fully saturated rings. The van der Waals surface area contributed by atoms with Crippen LogP contribution >= 0.6 is 11.3 Å². The molecule has 0 saturated carbocycles. The first-order valence-electron chi connectivity index (χ1n) is 16.3. The number of rotatable bonds is 4. The van der Waals surface area contributed by atoms with Crippen molar-refractivity contribution in [1.29, 1.82) is 0 Å². The lowest BCUT2D eigenvalue weighted by molar-refractivity contribution is 1.08. The lowest BCUT2D eigenvalue weighted by Crippen LogP contribution is -2.01. The van der Waals surface area contributed by atoms with Crippen LogP contribution in [0.5, 0.6) is 0 Å². The van der Waals surface area contributed by atoms with Crippen LogP contribution < -0.4 is 0 Å². The second-order valence-corrected chi connectivity index (χ2v) is 13.3. The molecule has 4 nitrogen and oxygen atoms in total. The highest BCUT2D eigenvalue weighted by Crippen LogP contribution is 2.41. The highest BCUT2D eigenvalue weighted by Gasteiger charge is 2.19. The summed E-state index contributed by atoms with van der Waals surface area (Å²) in [5.41, 5.74) is 6.15. The van der Waals surface area contributed by atoms with E-state index in [4.69, 9.17) is 19.9 Å². The van der Waals surface area contributed by atoms with E-state index in [1.54, 1.807) is 11.3 Å². The maximum Gasteiger partial charge on any atom is 0.164 e. The summed E-state index contributed by atoms with van der Waals surface area (Å²) in [6.45, 7) is 0. The summed E-state index contributed by atoms with van der Waals surface area (Å²) in [5, 5.41) is 7.95. The Bertz CT molecular complexity index is 2870. The van der Waals surface area contributed by atoms with E-state index in [0.29, 0.717) is 17.5 Å². The van der Waals surface area contributed by atoms with Gasteiger partial charge in [-0.1, -0.05) is 133 Å². The van der Waals surface area contributed by atoms with Gasteiger partial charge in [0.2, 0.25) is 0 Å². The molecule has 0 radical (unpaired) electrons. The summed E-state index contributed by atoms with van der Waals surface area (Å²) >= 11 is 1.80. The Morgan fingerprint density at radius 2 is 0.980 bits per heavy atom. The fourth-order valence-corrected chi connectivity index (χ4v) is 8.19. The van der Waals surface area contributed by atoms with Gasteiger partial charge in [0.05, 0.1) is 5.52 Å². The maximum absolute atomic E-state index is 5.30. The number of hydrogen-bond acceptors (Lipinski definition) is 5. The summed E-state index contributed by atoms with van der Waals surface area (Å²) in [6.07, 6.45) is 1.95.